The maximum atomic E-state index is 10.9. The van der Waals surface area contributed by atoms with Crippen LogP contribution in [0.3, 0.4) is 0 Å². The number of carbonyl (C=O) groups is 1. The molecule has 0 aliphatic rings. The molecule has 1 aromatic rings. The summed E-state index contributed by atoms with van der Waals surface area (Å²) in [5.74, 6) is -0.310. The number of hydrogen-bond acceptors (Lipinski definition) is 6. The molecule has 0 saturated heterocycles. The summed E-state index contributed by atoms with van der Waals surface area (Å²) >= 11 is 1.34. The van der Waals surface area contributed by atoms with E-state index in [1.165, 1.54) is 18.3 Å². The third kappa shape index (κ3) is 2.03. The van der Waals surface area contributed by atoms with Crippen LogP contribution in [0, 0.1) is 0 Å². The number of Topliss-reactive ketones (excluding diaryl/α,β-unsaturated/α-hetero) is 1. The van der Waals surface area contributed by atoms with E-state index >= 15 is 0 Å². The van der Waals surface area contributed by atoms with Crippen molar-refractivity contribution in [2.75, 3.05) is 12.4 Å². The number of ketones is 1. The highest BCUT2D eigenvalue weighted by Crippen LogP contribution is 2.15. The van der Waals surface area contributed by atoms with Crippen LogP contribution in [0.2, 0.25) is 0 Å². The van der Waals surface area contributed by atoms with Gasteiger partial charge in [0.15, 0.2) is 16.6 Å². The second kappa shape index (κ2) is 3.99. The van der Waals surface area contributed by atoms with Gasteiger partial charge in [-0.05, 0) is 0 Å². The second-order valence-corrected chi connectivity index (χ2v) is 3.15. The van der Waals surface area contributed by atoms with Crippen molar-refractivity contribution in [3.05, 3.63) is 11.1 Å². The Morgan fingerprint density at radius 1 is 1.77 bits per heavy atom. The Kier molecular flexibility index (Phi) is 2.97. The SMILES string of the molecule is CNc1nc(/C(=N/O)C(C)=O)cs1. The van der Waals surface area contributed by atoms with Crippen LogP contribution >= 0.6 is 11.3 Å². The zero-order chi connectivity index (χ0) is 9.84. The quantitative estimate of drug-likeness (QED) is 0.432. The predicted molar refractivity (Wildman–Crippen MR) is 50.7 cm³/mol. The van der Waals surface area contributed by atoms with Gasteiger partial charge in [-0.2, -0.15) is 0 Å². The van der Waals surface area contributed by atoms with Gasteiger partial charge >= 0.3 is 0 Å². The zero-order valence-corrected chi connectivity index (χ0v) is 8.05. The van der Waals surface area contributed by atoms with Crippen LogP contribution in [0.25, 0.3) is 0 Å². The van der Waals surface area contributed by atoms with Gasteiger partial charge in [-0.25, -0.2) is 4.98 Å². The first kappa shape index (κ1) is 9.66. The number of nitrogens with zero attached hydrogens (tertiary/aromatic N) is 2. The summed E-state index contributed by atoms with van der Waals surface area (Å²) < 4.78 is 0. The summed E-state index contributed by atoms with van der Waals surface area (Å²) in [6, 6.07) is 0. The van der Waals surface area contributed by atoms with Crippen molar-refractivity contribution in [2.24, 2.45) is 5.16 Å². The summed E-state index contributed by atoms with van der Waals surface area (Å²) in [5.41, 5.74) is 0.377. The van der Waals surface area contributed by atoms with E-state index in [-0.39, 0.29) is 11.5 Å². The molecule has 0 aromatic carbocycles. The summed E-state index contributed by atoms with van der Waals surface area (Å²) in [5, 5.41) is 16.6. The van der Waals surface area contributed by atoms with Crippen LogP contribution in [0.15, 0.2) is 10.5 Å². The Hall–Kier alpha value is -1.43. The third-order valence-corrected chi connectivity index (χ3v) is 2.25. The Morgan fingerprint density at radius 3 is 2.85 bits per heavy atom. The van der Waals surface area contributed by atoms with Gasteiger partial charge in [-0.15, -0.1) is 11.3 Å². The van der Waals surface area contributed by atoms with Crippen LogP contribution in [0.1, 0.15) is 12.6 Å². The highest BCUT2D eigenvalue weighted by Gasteiger charge is 2.13. The second-order valence-electron chi connectivity index (χ2n) is 2.29. The number of nitrogens with one attached hydrogen (secondary N) is 1. The number of oxime groups is 1. The highest BCUT2D eigenvalue weighted by atomic mass is 32.1. The van der Waals surface area contributed by atoms with Gasteiger partial charge in [0.05, 0.1) is 0 Å². The number of anilines is 1. The maximum Gasteiger partial charge on any atom is 0.183 e. The van der Waals surface area contributed by atoms with E-state index < -0.39 is 0 Å². The molecule has 1 aromatic heterocycles. The van der Waals surface area contributed by atoms with Gasteiger partial charge in [-0.3, -0.25) is 4.79 Å². The first-order valence-electron chi connectivity index (χ1n) is 3.55. The lowest BCUT2D eigenvalue weighted by molar-refractivity contribution is -0.111. The van der Waals surface area contributed by atoms with Gasteiger partial charge in [0.25, 0.3) is 0 Å². The van der Waals surface area contributed by atoms with E-state index in [0.29, 0.717) is 10.8 Å². The van der Waals surface area contributed by atoms with Crippen LogP contribution in [0.5, 0.6) is 0 Å². The minimum Gasteiger partial charge on any atom is -0.410 e. The molecule has 6 heteroatoms. The Balaban J connectivity index is 3.00. The van der Waals surface area contributed by atoms with E-state index in [0.717, 1.165) is 0 Å². The molecule has 0 bridgehead atoms. The van der Waals surface area contributed by atoms with Crippen molar-refractivity contribution < 1.29 is 10.0 Å². The fraction of sp³-hybridized carbons (Fsp3) is 0.286. The third-order valence-electron chi connectivity index (χ3n) is 1.39. The Bertz CT molecular complexity index is 345. The van der Waals surface area contributed by atoms with E-state index in [4.69, 9.17) is 5.21 Å². The van der Waals surface area contributed by atoms with Crippen molar-refractivity contribution in [3.8, 4) is 0 Å². The number of carbonyl (C=O) groups excluding carboxylic acids is 1. The molecule has 0 radical (unpaired) electrons. The molecular formula is C7H9N3O2S. The van der Waals surface area contributed by atoms with Crippen LogP contribution in [0.4, 0.5) is 5.13 Å². The normalized spacial score (nSPS) is 11.4. The summed E-state index contributed by atoms with van der Waals surface area (Å²) in [6.07, 6.45) is 0. The molecule has 2 N–H and O–H groups in total. The van der Waals surface area contributed by atoms with E-state index in [2.05, 4.69) is 15.5 Å². The molecule has 0 saturated carbocycles. The average Bonchev–Trinajstić information content (AvgIpc) is 2.53. The zero-order valence-electron chi connectivity index (χ0n) is 7.24. The number of aromatic nitrogens is 1. The van der Waals surface area contributed by atoms with Crippen molar-refractivity contribution in [1.82, 2.24) is 4.98 Å². The van der Waals surface area contributed by atoms with E-state index in [9.17, 15) is 4.79 Å². The van der Waals surface area contributed by atoms with Gasteiger partial charge < -0.3 is 10.5 Å². The molecule has 0 aliphatic heterocycles. The standard InChI is InChI=1S/C7H9N3O2S/c1-4(11)6(10-12)5-3-13-7(8-2)9-5/h3,12H,1-2H3,(H,8,9)/b10-6+. The van der Waals surface area contributed by atoms with Crippen LogP contribution < -0.4 is 5.32 Å². The largest absolute Gasteiger partial charge is 0.410 e. The number of rotatable bonds is 3. The molecule has 1 rings (SSSR count). The highest BCUT2D eigenvalue weighted by molar-refractivity contribution is 7.14. The smallest absolute Gasteiger partial charge is 0.183 e. The minimum atomic E-state index is -0.310. The van der Waals surface area contributed by atoms with Crippen molar-refractivity contribution in [3.63, 3.8) is 0 Å². The van der Waals surface area contributed by atoms with Crippen molar-refractivity contribution >= 4 is 28.0 Å². The lowest BCUT2D eigenvalue weighted by atomic mass is 10.2. The average molecular weight is 199 g/mol. The summed E-state index contributed by atoms with van der Waals surface area (Å²) in [7, 11) is 1.73. The van der Waals surface area contributed by atoms with E-state index in [1.54, 1.807) is 12.4 Å². The van der Waals surface area contributed by atoms with Gasteiger partial charge in [-0.1, -0.05) is 5.16 Å². The number of thiazole rings is 1. The molecule has 1 heterocycles. The monoisotopic (exact) mass is 199 g/mol. The molecule has 0 spiro atoms. The topological polar surface area (TPSA) is 74.6 Å². The predicted octanol–water partition coefficient (Wildman–Crippen LogP) is 0.952. The van der Waals surface area contributed by atoms with Crippen molar-refractivity contribution in [1.29, 1.82) is 0 Å². The maximum absolute atomic E-state index is 10.9. The molecule has 0 amide bonds. The molecule has 0 unspecified atom stereocenters. The van der Waals surface area contributed by atoms with Gasteiger partial charge in [0, 0.05) is 19.4 Å². The van der Waals surface area contributed by atoms with Gasteiger partial charge in [0.2, 0.25) is 0 Å². The Labute approximate surface area is 79.1 Å². The van der Waals surface area contributed by atoms with Gasteiger partial charge in [0.1, 0.15) is 5.69 Å². The molecule has 5 nitrogen and oxygen atoms in total. The molecule has 0 atom stereocenters. The first-order valence-corrected chi connectivity index (χ1v) is 4.43. The molecule has 0 fully saturated rings. The van der Waals surface area contributed by atoms with E-state index in [1.807, 2.05) is 0 Å². The summed E-state index contributed by atoms with van der Waals surface area (Å²) in [6.45, 7) is 1.33. The number of hydrogen-bond donors (Lipinski definition) is 2. The van der Waals surface area contributed by atoms with Crippen molar-refractivity contribution in [2.45, 2.75) is 6.92 Å². The fourth-order valence-corrected chi connectivity index (χ4v) is 1.46. The molecular weight excluding hydrogens is 190 g/mol. The first-order chi connectivity index (χ1) is 6.19. The molecule has 13 heavy (non-hydrogen) atoms. The lowest BCUT2D eigenvalue weighted by Gasteiger charge is -1.93. The molecule has 70 valence electrons. The fourth-order valence-electron chi connectivity index (χ4n) is 0.799. The van der Waals surface area contributed by atoms with Crippen LogP contribution in [-0.4, -0.2) is 28.7 Å². The Morgan fingerprint density at radius 2 is 2.46 bits per heavy atom. The summed E-state index contributed by atoms with van der Waals surface area (Å²) in [4.78, 5) is 14.9. The minimum absolute atomic E-state index is 0.0160. The molecule has 0 aliphatic carbocycles. The lowest BCUT2D eigenvalue weighted by Crippen LogP contribution is -2.12. The van der Waals surface area contributed by atoms with Crippen LogP contribution in [-0.2, 0) is 4.79 Å².